The number of carboxylic acids is 1. The van der Waals surface area contributed by atoms with Crippen molar-refractivity contribution in [3.8, 4) is 0 Å². The van der Waals surface area contributed by atoms with Crippen LogP contribution in [0.5, 0.6) is 0 Å². The topological polar surface area (TPSA) is 57.6 Å². The highest BCUT2D eigenvalue weighted by atomic mass is 16.4. The highest BCUT2D eigenvalue weighted by Gasteiger charge is 2.31. The molecule has 1 aliphatic heterocycles. The third-order valence-electron chi connectivity index (χ3n) is 2.82. The van der Waals surface area contributed by atoms with Gasteiger partial charge in [-0.05, 0) is 33.1 Å². The fourth-order valence-electron chi connectivity index (χ4n) is 1.78. The van der Waals surface area contributed by atoms with Crippen molar-refractivity contribution in [2.45, 2.75) is 39.2 Å². The Kier molecular flexibility index (Phi) is 3.88. The summed E-state index contributed by atoms with van der Waals surface area (Å²) in [4.78, 5) is 24.3. The van der Waals surface area contributed by atoms with Crippen LogP contribution >= 0.6 is 0 Å². The Hall–Kier alpha value is -1.32. The normalized spacial score (nSPS) is 22.7. The second-order valence-electron chi connectivity index (χ2n) is 3.82. The van der Waals surface area contributed by atoms with E-state index in [1.165, 1.54) is 4.90 Å². The van der Waals surface area contributed by atoms with Gasteiger partial charge in [-0.3, -0.25) is 4.79 Å². The molecule has 1 rings (SSSR count). The first kappa shape index (κ1) is 11.8. The summed E-state index contributed by atoms with van der Waals surface area (Å²) >= 11 is 0. The molecule has 4 nitrogen and oxygen atoms in total. The molecule has 0 spiro atoms. The van der Waals surface area contributed by atoms with Gasteiger partial charge in [0, 0.05) is 12.1 Å². The summed E-state index contributed by atoms with van der Waals surface area (Å²) in [6.07, 6.45) is 4.07. The molecule has 1 aliphatic rings. The Morgan fingerprint density at radius 2 is 2.07 bits per heavy atom. The smallest absolute Gasteiger partial charge is 0.326 e. The van der Waals surface area contributed by atoms with Crippen molar-refractivity contribution in [3.05, 3.63) is 11.6 Å². The largest absolute Gasteiger partial charge is 0.480 e. The number of likely N-dealkylation sites (tertiary alicyclic amines) is 1. The highest BCUT2D eigenvalue weighted by molar-refractivity contribution is 5.95. The van der Waals surface area contributed by atoms with E-state index in [2.05, 4.69) is 0 Å². The van der Waals surface area contributed by atoms with E-state index >= 15 is 0 Å². The Morgan fingerprint density at radius 3 is 2.60 bits per heavy atom. The van der Waals surface area contributed by atoms with Gasteiger partial charge in [0.25, 0.3) is 0 Å². The minimum Gasteiger partial charge on any atom is -0.480 e. The minimum atomic E-state index is -0.896. The van der Waals surface area contributed by atoms with E-state index in [1.807, 2.05) is 0 Å². The summed E-state index contributed by atoms with van der Waals surface area (Å²) < 4.78 is 0. The number of allylic oxidation sites excluding steroid dienone is 1. The van der Waals surface area contributed by atoms with Crippen molar-refractivity contribution < 1.29 is 14.7 Å². The number of hydrogen-bond donors (Lipinski definition) is 1. The molecule has 1 heterocycles. The molecule has 0 aromatic heterocycles. The van der Waals surface area contributed by atoms with Crippen molar-refractivity contribution in [1.29, 1.82) is 0 Å². The van der Waals surface area contributed by atoms with Crippen LogP contribution in [0.15, 0.2) is 11.6 Å². The summed E-state index contributed by atoms with van der Waals surface area (Å²) in [5, 5.41) is 9.00. The number of carbonyl (C=O) groups is 2. The van der Waals surface area contributed by atoms with E-state index in [0.717, 1.165) is 12.8 Å². The Balaban J connectivity index is 2.81. The molecule has 0 aromatic carbocycles. The van der Waals surface area contributed by atoms with E-state index in [-0.39, 0.29) is 5.91 Å². The summed E-state index contributed by atoms with van der Waals surface area (Å²) in [6.45, 7) is 4.06. The van der Waals surface area contributed by atoms with E-state index < -0.39 is 12.0 Å². The molecule has 84 valence electrons. The number of nitrogens with zero attached hydrogens (tertiary/aromatic N) is 1. The maximum absolute atomic E-state index is 11.8. The van der Waals surface area contributed by atoms with Crippen LogP contribution in [0.2, 0.25) is 0 Å². The molecule has 1 N–H and O–H groups in total. The maximum Gasteiger partial charge on any atom is 0.326 e. The first-order valence-electron chi connectivity index (χ1n) is 5.24. The van der Waals surface area contributed by atoms with Crippen LogP contribution in [0.25, 0.3) is 0 Å². The SMILES string of the molecule is C/C=C(/C)C(=O)N1CCCC[C@@H]1C(=O)O. The van der Waals surface area contributed by atoms with Gasteiger partial charge in [-0.1, -0.05) is 6.08 Å². The van der Waals surface area contributed by atoms with E-state index in [0.29, 0.717) is 18.5 Å². The van der Waals surface area contributed by atoms with E-state index in [9.17, 15) is 9.59 Å². The first-order valence-corrected chi connectivity index (χ1v) is 5.24. The van der Waals surface area contributed by atoms with Crippen molar-refractivity contribution in [3.63, 3.8) is 0 Å². The Labute approximate surface area is 89.6 Å². The zero-order chi connectivity index (χ0) is 11.4. The van der Waals surface area contributed by atoms with E-state index in [1.54, 1.807) is 19.9 Å². The van der Waals surface area contributed by atoms with Gasteiger partial charge in [-0.15, -0.1) is 0 Å². The maximum atomic E-state index is 11.8. The van der Waals surface area contributed by atoms with Gasteiger partial charge in [0.2, 0.25) is 5.91 Å². The molecule has 0 aromatic rings. The van der Waals surface area contributed by atoms with Crippen LogP contribution < -0.4 is 0 Å². The van der Waals surface area contributed by atoms with Gasteiger partial charge in [-0.25, -0.2) is 4.79 Å². The van der Waals surface area contributed by atoms with E-state index in [4.69, 9.17) is 5.11 Å². The average Bonchev–Trinajstić information content (AvgIpc) is 2.27. The molecule has 4 heteroatoms. The van der Waals surface area contributed by atoms with Crippen molar-refractivity contribution in [2.75, 3.05) is 6.54 Å². The third-order valence-corrected chi connectivity index (χ3v) is 2.82. The van der Waals surface area contributed by atoms with Crippen LogP contribution in [-0.2, 0) is 9.59 Å². The standard InChI is InChI=1S/C11H17NO3/c1-3-8(2)10(13)12-7-5-4-6-9(12)11(14)15/h3,9H,4-7H2,1-2H3,(H,14,15)/b8-3-/t9-/m1/s1. The molecule has 0 bridgehead atoms. The number of hydrogen-bond acceptors (Lipinski definition) is 2. The monoisotopic (exact) mass is 211 g/mol. The highest BCUT2D eigenvalue weighted by Crippen LogP contribution is 2.19. The van der Waals surface area contributed by atoms with Crippen LogP contribution in [0.3, 0.4) is 0 Å². The lowest BCUT2D eigenvalue weighted by Gasteiger charge is -2.33. The number of amides is 1. The van der Waals surface area contributed by atoms with Crippen LogP contribution in [0.1, 0.15) is 33.1 Å². The van der Waals surface area contributed by atoms with Gasteiger partial charge >= 0.3 is 5.97 Å². The molecular weight excluding hydrogens is 194 g/mol. The number of aliphatic carboxylic acids is 1. The molecule has 0 saturated carbocycles. The molecule has 15 heavy (non-hydrogen) atoms. The molecule has 1 saturated heterocycles. The number of carboxylic acid groups (broad SMARTS) is 1. The molecule has 0 unspecified atom stereocenters. The van der Waals surface area contributed by atoms with Crippen LogP contribution in [0.4, 0.5) is 0 Å². The predicted molar refractivity (Wildman–Crippen MR) is 56.4 cm³/mol. The zero-order valence-corrected chi connectivity index (χ0v) is 9.19. The number of carbonyl (C=O) groups excluding carboxylic acids is 1. The number of piperidine rings is 1. The summed E-state index contributed by atoms with van der Waals surface area (Å²) in [5.41, 5.74) is 0.614. The zero-order valence-electron chi connectivity index (χ0n) is 9.19. The van der Waals surface area contributed by atoms with Crippen LogP contribution in [0, 0.1) is 0 Å². The molecular formula is C11H17NO3. The second-order valence-corrected chi connectivity index (χ2v) is 3.82. The lowest BCUT2D eigenvalue weighted by atomic mass is 10.0. The lowest BCUT2D eigenvalue weighted by molar-refractivity contribution is -0.150. The van der Waals surface area contributed by atoms with Gasteiger partial charge < -0.3 is 10.0 Å². The summed E-state index contributed by atoms with van der Waals surface area (Å²) in [5.74, 6) is -1.04. The fourth-order valence-corrected chi connectivity index (χ4v) is 1.78. The Bertz CT molecular complexity index is 296. The van der Waals surface area contributed by atoms with Gasteiger partial charge in [-0.2, -0.15) is 0 Å². The number of rotatable bonds is 2. The molecule has 0 aliphatic carbocycles. The fraction of sp³-hybridized carbons (Fsp3) is 0.636. The average molecular weight is 211 g/mol. The van der Waals surface area contributed by atoms with Gasteiger partial charge in [0.05, 0.1) is 0 Å². The van der Waals surface area contributed by atoms with Crippen LogP contribution in [-0.4, -0.2) is 34.5 Å². The summed E-state index contributed by atoms with van der Waals surface area (Å²) in [7, 11) is 0. The first-order chi connectivity index (χ1) is 7.07. The molecule has 1 fully saturated rings. The van der Waals surface area contributed by atoms with Gasteiger partial charge in [0.1, 0.15) is 6.04 Å². The summed E-state index contributed by atoms with van der Waals surface area (Å²) in [6, 6.07) is -0.638. The molecule has 0 radical (unpaired) electrons. The minimum absolute atomic E-state index is 0.149. The quantitative estimate of drug-likeness (QED) is 0.703. The Morgan fingerprint density at radius 1 is 1.40 bits per heavy atom. The van der Waals surface area contributed by atoms with Crippen molar-refractivity contribution >= 4 is 11.9 Å². The van der Waals surface area contributed by atoms with Crippen molar-refractivity contribution in [2.24, 2.45) is 0 Å². The second kappa shape index (κ2) is 4.96. The third kappa shape index (κ3) is 2.58. The lowest BCUT2D eigenvalue weighted by Crippen LogP contribution is -2.48. The predicted octanol–water partition coefficient (Wildman–Crippen LogP) is 1.42. The molecule has 1 amide bonds. The van der Waals surface area contributed by atoms with Crippen molar-refractivity contribution in [1.82, 2.24) is 4.90 Å². The van der Waals surface area contributed by atoms with Gasteiger partial charge in [0.15, 0.2) is 0 Å². The molecule has 1 atom stereocenters.